The summed E-state index contributed by atoms with van der Waals surface area (Å²) in [6.45, 7) is 0. The van der Waals surface area contributed by atoms with Gasteiger partial charge in [-0.3, -0.25) is 0 Å². The Balaban J connectivity index is 1.68. The third kappa shape index (κ3) is 3.15. The van der Waals surface area contributed by atoms with Crippen LogP contribution in [0.4, 0.5) is 11.4 Å². The van der Waals surface area contributed by atoms with E-state index in [9.17, 15) is 0 Å². The average Bonchev–Trinajstić information content (AvgIpc) is 3.68. The van der Waals surface area contributed by atoms with Gasteiger partial charge in [0.05, 0.1) is 33.3 Å². The van der Waals surface area contributed by atoms with Crippen molar-refractivity contribution in [2.45, 2.75) is 0 Å². The molecule has 0 saturated carbocycles. The fourth-order valence-corrected chi connectivity index (χ4v) is 7.74. The van der Waals surface area contributed by atoms with Crippen LogP contribution in [0.3, 0.4) is 0 Å². The van der Waals surface area contributed by atoms with Crippen LogP contribution in [0.5, 0.6) is 0 Å². The highest BCUT2D eigenvalue weighted by molar-refractivity contribution is 8.02. The minimum absolute atomic E-state index is 0.931. The highest BCUT2D eigenvalue weighted by Gasteiger charge is 2.29. The molecule has 0 radical (unpaired) electrons. The first-order chi connectivity index (χ1) is 16.4. The van der Waals surface area contributed by atoms with Gasteiger partial charge in [-0.05, 0) is 45.8 Å². The minimum atomic E-state index is 0.931. The van der Waals surface area contributed by atoms with Crippen LogP contribution in [0, 0.1) is 0 Å². The van der Waals surface area contributed by atoms with E-state index in [-0.39, 0.29) is 0 Å². The van der Waals surface area contributed by atoms with Gasteiger partial charge in [-0.2, -0.15) is 0 Å². The molecule has 33 heavy (non-hydrogen) atoms. The van der Waals surface area contributed by atoms with Crippen molar-refractivity contribution in [3.8, 4) is 42.0 Å². The van der Waals surface area contributed by atoms with Crippen molar-refractivity contribution >= 4 is 79.9 Å². The number of fused-ring (bicyclic) bond motifs is 2. The Morgan fingerprint density at radius 1 is 0.515 bits per heavy atom. The fourth-order valence-electron chi connectivity index (χ4n) is 4.09. The van der Waals surface area contributed by atoms with Gasteiger partial charge < -0.3 is 9.44 Å². The molecule has 5 aromatic heterocycles. The van der Waals surface area contributed by atoms with Gasteiger partial charge in [0.15, 0.2) is 0 Å². The summed E-state index contributed by atoms with van der Waals surface area (Å²) in [5, 5.41) is 8.43. The van der Waals surface area contributed by atoms with E-state index in [1.807, 2.05) is 0 Å². The molecule has 1 aromatic carbocycles. The quantitative estimate of drug-likeness (QED) is 0.228. The summed E-state index contributed by atoms with van der Waals surface area (Å²) in [5.74, 6) is 0. The molecule has 4 nitrogen and oxygen atoms in total. The smallest absolute Gasteiger partial charge is 0.108 e. The molecule has 6 aromatic rings. The summed E-state index contributed by atoms with van der Waals surface area (Å²) in [6.07, 6.45) is 0. The van der Waals surface area contributed by atoms with Gasteiger partial charge >= 0.3 is 0 Å². The van der Waals surface area contributed by atoms with Crippen molar-refractivity contribution in [2.75, 3.05) is 9.44 Å². The van der Waals surface area contributed by atoms with Gasteiger partial charge in [-0.1, -0.05) is 24.3 Å². The van der Waals surface area contributed by atoms with Crippen molar-refractivity contribution in [1.29, 1.82) is 0 Å². The molecule has 0 spiro atoms. The summed E-state index contributed by atoms with van der Waals surface area (Å²) in [6, 6.07) is 16.9. The Morgan fingerprint density at radius 2 is 0.909 bits per heavy atom. The van der Waals surface area contributed by atoms with Crippen LogP contribution in [0.25, 0.3) is 53.1 Å². The normalized spacial score (nSPS) is 12.6. The van der Waals surface area contributed by atoms with Crippen molar-refractivity contribution in [1.82, 2.24) is 9.97 Å². The first kappa shape index (κ1) is 19.7. The molecule has 0 atom stereocenters. The second kappa shape index (κ2) is 7.96. The number of rotatable bonds is 4. The van der Waals surface area contributed by atoms with Gasteiger partial charge in [-0.15, -0.1) is 45.3 Å². The second-order valence-electron chi connectivity index (χ2n) is 7.33. The molecule has 0 bridgehead atoms. The number of nitrogens with zero attached hydrogens (tertiary/aromatic N) is 2. The van der Waals surface area contributed by atoms with Gasteiger partial charge in [0.1, 0.15) is 22.4 Å². The number of nitrogens with one attached hydrogen (secondary N) is 2. The molecule has 1 aliphatic rings. The van der Waals surface area contributed by atoms with E-state index in [0.29, 0.717) is 0 Å². The van der Waals surface area contributed by atoms with Gasteiger partial charge in [-0.25, -0.2) is 9.97 Å². The number of anilines is 2. The lowest BCUT2D eigenvalue weighted by Crippen LogP contribution is -1.99. The molecule has 0 unspecified atom stereocenters. The van der Waals surface area contributed by atoms with E-state index in [0.717, 1.165) is 54.7 Å². The number of benzene rings is 1. The van der Waals surface area contributed by atoms with E-state index in [1.54, 1.807) is 45.3 Å². The highest BCUT2D eigenvalue weighted by Crippen LogP contribution is 2.53. The minimum Gasteiger partial charge on any atom is -0.309 e. The number of aromatic nitrogens is 2. The van der Waals surface area contributed by atoms with E-state index in [2.05, 4.69) is 79.5 Å². The molecular formula is C24H14N4S5. The van der Waals surface area contributed by atoms with E-state index in [1.165, 1.54) is 21.9 Å². The molecule has 0 amide bonds. The predicted octanol–water partition coefficient (Wildman–Crippen LogP) is 8.94. The van der Waals surface area contributed by atoms with Crippen LogP contribution in [0.1, 0.15) is 0 Å². The maximum Gasteiger partial charge on any atom is 0.108 e. The molecule has 7 rings (SSSR count). The third-order valence-electron chi connectivity index (χ3n) is 5.47. The summed E-state index contributed by atoms with van der Waals surface area (Å²) < 4.78 is 7.00. The van der Waals surface area contributed by atoms with E-state index in [4.69, 9.17) is 9.97 Å². The summed E-state index contributed by atoms with van der Waals surface area (Å²) in [5.41, 5.74) is 8.11. The molecule has 2 N–H and O–H groups in total. The zero-order chi connectivity index (χ0) is 21.8. The highest BCUT2D eigenvalue weighted by atomic mass is 32.2. The molecular weight excluding hydrogens is 505 g/mol. The Morgan fingerprint density at radius 3 is 1.27 bits per heavy atom. The van der Waals surface area contributed by atoms with Crippen LogP contribution in [0.15, 0.2) is 70.1 Å². The fraction of sp³-hybridized carbons (Fsp3) is 0. The average molecular weight is 519 g/mol. The number of hydrogen-bond acceptors (Lipinski definition) is 9. The summed E-state index contributed by atoms with van der Waals surface area (Å²) in [4.78, 5) is 15.4. The maximum absolute atomic E-state index is 5.37. The lowest BCUT2D eigenvalue weighted by Gasteiger charge is -2.17. The first-order valence-corrected chi connectivity index (χ1v) is 14.5. The molecule has 6 heterocycles. The monoisotopic (exact) mass is 518 g/mol. The van der Waals surface area contributed by atoms with Crippen LogP contribution in [-0.2, 0) is 0 Å². The van der Waals surface area contributed by atoms with E-state index < -0.39 is 0 Å². The van der Waals surface area contributed by atoms with Crippen molar-refractivity contribution in [3.05, 3.63) is 70.1 Å². The SMILES string of the molecule is c1csc(-c2nc3c(-c4cccs4)c4c(c(-c5cccs5)c3nc2-c2cccs2)NSN4)c1. The number of thiophene rings is 4. The van der Waals surface area contributed by atoms with Gasteiger partial charge in [0.25, 0.3) is 0 Å². The van der Waals surface area contributed by atoms with Crippen LogP contribution < -0.4 is 9.44 Å². The van der Waals surface area contributed by atoms with Crippen LogP contribution in [-0.4, -0.2) is 9.97 Å². The predicted molar refractivity (Wildman–Crippen MR) is 148 cm³/mol. The second-order valence-corrected chi connectivity index (χ2v) is 11.7. The Labute approximate surface area is 210 Å². The first-order valence-electron chi connectivity index (χ1n) is 10.1. The molecule has 0 aliphatic carbocycles. The van der Waals surface area contributed by atoms with Crippen molar-refractivity contribution in [2.24, 2.45) is 0 Å². The topological polar surface area (TPSA) is 49.8 Å². The molecule has 1 aliphatic heterocycles. The summed E-state index contributed by atoms with van der Waals surface area (Å²) >= 11 is 8.36. The summed E-state index contributed by atoms with van der Waals surface area (Å²) in [7, 11) is 0. The van der Waals surface area contributed by atoms with Crippen LogP contribution >= 0.6 is 57.5 Å². The molecule has 160 valence electrons. The molecule has 0 fully saturated rings. The molecule has 9 heteroatoms. The lowest BCUT2D eigenvalue weighted by atomic mass is 9.99. The zero-order valence-electron chi connectivity index (χ0n) is 16.9. The largest absolute Gasteiger partial charge is 0.309 e. The Hall–Kier alpha value is -2.69. The Bertz CT molecular complexity index is 1450. The number of hydrogen-bond donors (Lipinski definition) is 2. The lowest BCUT2D eigenvalue weighted by molar-refractivity contribution is 1.32. The van der Waals surface area contributed by atoms with Gasteiger partial charge in [0.2, 0.25) is 0 Å². The Kier molecular flexibility index (Phi) is 4.77. The van der Waals surface area contributed by atoms with Crippen molar-refractivity contribution in [3.63, 3.8) is 0 Å². The third-order valence-corrected chi connectivity index (χ3v) is 9.61. The standard InChI is InChI=1S/C24H14N4S5/c1-5-13(29-9-1)17-21-22(18(14-6-2-10-30-14)24-23(17)27-33-28-24)26-20(16-8-4-12-32-16)19(25-21)15-7-3-11-31-15/h1-12,27-28H. The maximum atomic E-state index is 5.37. The van der Waals surface area contributed by atoms with Gasteiger partial charge in [0, 0.05) is 20.9 Å². The molecule has 0 saturated heterocycles. The van der Waals surface area contributed by atoms with E-state index >= 15 is 0 Å². The van der Waals surface area contributed by atoms with Crippen molar-refractivity contribution < 1.29 is 0 Å². The zero-order valence-corrected chi connectivity index (χ0v) is 20.9. The van der Waals surface area contributed by atoms with Crippen LogP contribution in [0.2, 0.25) is 0 Å².